The van der Waals surface area contributed by atoms with Gasteiger partial charge < -0.3 is 4.74 Å². The van der Waals surface area contributed by atoms with Gasteiger partial charge in [-0.05, 0) is 31.4 Å². The Kier molecular flexibility index (Phi) is 5.85. The number of allylic oxidation sites excluding steroid dienone is 1. The van der Waals surface area contributed by atoms with Gasteiger partial charge in [-0.15, -0.1) is 0 Å². The Balaban J connectivity index is 2.25. The van der Waals surface area contributed by atoms with Crippen LogP contribution in [-0.4, -0.2) is 22.1 Å². The lowest BCUT2D eigenvalue weighted by molar-refractivity contribution is 0.172. The fourth-order valence-electron chi connectivity index (χ4n) is 2.44. The molecule has 120 valence electrons. The Morgan fingerprint density at radius 2 is 2.09 bits per heavy atom. The quantitative estimate of drug-likeness (QED) is 0.506. The van der Waals surface area contributed by atoms with Crippen molar-refractivity contribution in [2.24, 2.45) is 0 Å². The van der Waals surface area contributed by atoms with Gasteiger partial charge in [0.15, 0.2) is 5.82 Å². The van der Waals surface area contributed by atoms with Crippen LogP contribution in [0.1, 0.15) is 39.0 Å². The molecular weight excluding hydrogens is 327 g/mol. The summed E-state index contributed by atoms with van der Waals surface area (Å²) in [6.07, 6.45) is 5.95. The molecule has 1 aliphatic carbocycles. The van der Waals surface area contributed by atoms with Crippen LogP contribution >= 0.6 is 23.2 Å². The molecule has 1 aromatic rings. The second kappa shape index (κ2) is 7.65. The molecule has 1 fully saturated rings. The van der Waals surface area contributed by atoms with E-state index in [-0.39, 0.29) is 11.3 Å². The van der Waals surface area contributed by atoms with Crippen molar-refractivity contribution in [3.63, 3.8) is 0 Å². The number of carbonyl (C=O) groups excluding carboxylic acids is 1. The molecular formula is C14H18Cl2N4O2. The maximum Gasteiger partial charge on any atom is 0.431 e. The first-order chi connectivity index (χ1) is 10.5. The van der Waals surface area contributed by atoms with Crippen molar-refractivity contribution >= 4 is 35.1 Å². The molecule has 2 rings (SSSR count). The Morgan fingerprint density at radius 3 is 2.73 bits per heavy atom. The molecule has 0 radical (unpaired) electrons. The number of nitrogens with zero attached hydrogens (tertiary/aromatic N) is 3. The van der Waals surface area contributed by atoms with E-state index in [4.69, 9.17) is 27.9 Å². The Labute approximate surface area is 139 Å². The number of nitrogens with one attached hydrogen (secondary N) is 1. The summed E-state index contributed by atoms with van der Waals surface area (Å²) in [6, 6.07) is 0.0786. The lowest BCUT2D eigenvalue weighted by atomic mass is 9.95. The smallest absolute Gasteiger partial charge is 0.415 e. The Morgan fingerprint density at radius 1 is 1.41 bits per heavy atom. The van der Waals surface area contributed by atoms with E-state index in [1.165, 1.54) is 12.6 Å². The highest BCUT2D eigenvalue weighted by molar-refractivity contribution is 6.33. The standard InChI is InChI=1S/C14H18Cl2N4O2/c1-9(2)22-14(21)19-20(10-6-4-3-5-7-10)12-11(15)8-17-13(16)18-12/h8,10H,1,3-7H2,2H3,(H,19,21). The Hall–Kier alpha value is -1.53. The zero-order valence-electron chi connectivity index (χ0n) is 12.3. The van der Waals surface area contributed by atoms with E-state index in [0.717, 1.165) is 25.7 Å². The topological polar surface area (TPSA) is 67.3 Å². The average Bonchev–Trinajstić information content (AvgIpc) is 2.48. The maximum absolute atomic E-state index is 11.9. The van der Waals surface area contributed by atoms with E-state index in [1.54, 1.807) is 11.9 Å². The summed E-state index contributed by atoms with van der Waals surface area (Å²) in [4.78, 5) is 19.9. The number of hydrazine groups is 1. The van der Waals surface area contributed by atoms with Crippen LogP contribution < -0.4 is 10.4 Å². The minimum absolute atomic E-state index is 0.0651. The molecule has 0 saturated heterocycles. The molecule has 0 unspecified atom stereocenters. The molecule has 1 aromatic heterocycles. The summed E-state index contributed by atoms with van der Waals surface area (Å²) < 4.78 is 4.96. The number of carbonyl (C=O) groups is 1. The highest BCUT2D eigenvalue weighted by Gasteiger charge is 2.27. The fourth-order valence-corrected chi connectivity index (χ4v) is 2.75. The SMILES string of the molecule is C=C(C)OC(=O)NN(c1nc(Cl)ncc1Cl)C1CCCCC1. The molecule has 0 atom stereocenters. The van der Waals surface area contributed by atoms with Crippen LogP contribution in [0.5, 0.6) is 0 Å². The third-order valence-electron chi connectivity index (χ3n) is 3.34. The van der Waals surface area contributed by atoms with E-state index in [2.05, 4.69) is 22.0 Å². The van der Waals surface area contributed by atoms with Gasteiger partial charge in [-0.25, -0.2) is 15.2 Å². The fraction of sp³-hybridized carbons (Fsp3) is 0.500. The predicted molar refractivity (Wildman–Crippen MR) is 85.8 cm³/mol. The van der Waals surface area contributed by atoms with Gasteiger partial charge in [0.25, 0.3) is 0 Å². The molecule has 22 heavy (non-hydrogen) atoms. The van der Waals surface area contributed by atoms with Crippen LogP contribution in [0, 0.1) is 0 Å². The van der Waals surface area contributed by atoms with Crippen LogP contribution in [0.4, 0.5) is 10.6 Å². The molecule has 0 bridgehead atoms. The normalized spacial score (nSPS) is 15.2. The van der Waals surface area contributed by atoms with Crippen molar-refractivity contribution in [3.05, 3.63) is 28.8 Å². The Bertz CT molecular complexity index is 562. The summed E-state index contributed by atoms with van der Waals surface area (Å²) in [5.74, 6) is 0.667. The summed E-state index contributed by atoms with van der Waals surface area (Å²) in [7, 11) is 0. The predicted octanol–water partition coefficient (Wildman–Crippen LogP) is 4.10. The number of hydrogen-bond acceptors (Lipinski definition) is 5. The maximum atomic E-state index is 11.9. The van der Waals surface area contributed by atoms with E-state index in [1.807, 2.05) is 0 Å². The highest BCUT2D eigenvalue weighted by atomic mass is 35.5. The first kappa shape index (κ1) is 16.8. The second-order valence-corrected chi connectivity index (χ2v) is 5.92. The molecule has 1 aliphatic rings. The first-order valence-electron chi connectivity index (χ1n) is 7.08. The van der Waals surface area contributed by atoms with Crippen molar-refractivity contribution in [1.82, 2.24) is 15.4 Å². The number of rotatable bonds is 4. The number of halogens is 2. The van der Waals surface area contributed by atoms with E-state index in [9.17, 15) is 4.79 Å². The van der Waals surface area contributed by atoms with Gasteiger partial charge in [0.1, 0.15) is 5.02 Å². The minimum atomic E-state index is -0.635. The molecule has 6 nitrogen and oxygen atoms in total. The van der Waals surface area contributed by atoms with Crippen molar-refractivity contribution in [2.45, 2.75) is 45.1 Å². The van der Waals surface area contributed by atoms with Crippen LogP contribution in [0.25, 0.3) is 0 Å². The van der Waals surface area contributed by atoms with E-state index < -0.39 is 6.09 Å². The molecule has 0 aromatic carbocycles. The summed E-state index contributed by atoms with van der Waals surface area (Å²) >= 11 is 12.0. The van der Waals surface area contributed by atoms with Crippen LogP contribution in [-0.2, 0) is 4.74 Å². The summed E-state index contributed by atoms with van der Waals surface area (Å²) in [5.41, 5.74) is 2.68. The van der Waals surface area contributed by atoms with Crippen molar-refractivity contribution < 1.29 is 9.53 Å². The summed E-state index contributed by atoms with van der Waals surface area (Å²) in [6.45, 7) is 5.14. The van der Waals surface area contributed by atoms with Gasteiger partial charge in [0, 0.05) is 0 Å². The number of anilines is 1. The van der Waals surface area contributed by atoms with Gasteiger partial charge in [-0.1, -0.05) is 37.4 Å². The van der Waals surface area contributed by atoms with Crippen LogP contribution in [0.3, 0.4) is 0 Å². The molecule has 1 heterocycles. The number of ether oxygens (including phenoxy) is 1. The number of hydrogen-bond donors (Lipinski definition) is 1. The lowest BCUT2D eigenvalue weighted by Gasteiger charge is -2.34. The third kappa shape index (κ3) is 4.48. The minimum Gasteiger partial charge on any atom is -0.415 e. The first-order valence-corrected chi connectivity index (χ1v) is 7.84. The molecule has 0 aliphatic heterocycles. The van der Waals surface area contributed by atoms with Gasteiger partial charge in [-0.3, -0.25) is 5.01 Å². The third-order valence-corrected chi connectivity index (χ3v) is 3.79. The van der Waals surface area contributed by atoms with Crippen LogP contribution in [0.15, 0.2) is 18.5 Å². The monoisotopic (exact) mass is 344 g/mol. The largest absolute Gasteiger partial charge is 0.431 e. The van der Waals surface area contributed by atoms with Crippen LogP contribution in [0.2, 0.25) is 10.3 Å². The zero-order chi connectivity index (χ0) is 16.1. The van der Waals surface area contributed by atoms with Crippen molar-refractivity contribution in [3.8, 4) is 0 Å². The van der Waals surface area contributed by atoms with Gasteiger partial charge in [0.2, 0.25) is 5.28 Å². The van der Waals surface area contributed by atoms with Gasteiger partial charge >= 0.3 is 6.09 Å². The summed E-state index contributed by atoms with van der Waals surface area (Å²) in [5, 5.41) is 2.00. The zero-order valence-corrected chi connectivity index (χ0v) is 13.8. The van der Waals surface area contributed by atoms with E-state index >= 15 is 0 Å². The number of aromatic nitrogens is 2. The second-order valence-electron chi connectivity index (χ2n) is 5.18. The van der Waals surface area contributed by atoms with Crippen molar-refractivity contribution in [2.75, 3.05) is 5.01 Å². The molecule has 8 heteroatoms. The molecule has 1 amide bonds. The van der Waals surface area contributed by atoms with Gasteiger partial charge in [0.05, 0.1) is 18.0 Å². The lowest BCUT2D eigenvalue weighted by Crippen LogP contribution is -2.50. The molecule has 0 spiro atoms. The number of amides is 1. The molecule has 1 saturated carbocycles. The average molecular weight is 345 g/mol. The van der Waals surface area contributed by atoms with E-state index in [0.29, 0.717) is 16.6 Å². The van der Waals surface area contributed by atoms with Crippen molar-refractivity contribution in [1.29, 1.82) is 0 Å². The molecule has 1 N–H and O–H groups in total. The highest BCUT2D eigenvalue weighted by Crippen LogP contribution is 2.29. The van der Waals surface area contributed by atoms with Gasteiger partial charge in [-0.2, -0.15) is 4.98 Å².